The van der Waals surface area contributed by atoms with Crippen molar-refractivity contribution in [1.29, 1.82) is 0 Å². The summed E-state index contributed by atoms with van der Waals surface area (Å²) in [7, 11) is 0. The second kappa shape index (κ2) is 7.33. The van der Waals surface area contributed by atoms with Gasteiger partial charge in [-0.1, -0.05) is 12.1 Å². The van der Waals surface area contributed by atoms with E-state index < -0.39 is 6.17 Å². The van der Waals surface area contributed by atoms with Crippen LogP contribution in [0.3, 0.4) is 0 Å². The van der Waals surface area contributed by atoms with Crippen molar-refractivity contribution >= 4 is 32.9 Å². The Kier molecular flexibility index (Phi) is 4.69. The van der Waals surface area contributed by atoms with Crippen LogP contribution in [0, 0.1) is 6.92 Å². The molecule has 1 N–H and O–H groups in total. The molecule has 0 bridgehead atoms. The first-order valence-corrected chi connectivity index (χ1v) is 10.9. The highest BCUT2D eigenvalue weighted by molar-refractivity contribution is 7.19. The average Bonchev–Trinajstić information content (AvgIpc) is 3.32. The molecule has 2 aromatic heterocycles. The Morgan fingerprint density at radius 3 is 2.57 bits per heavy atom. The first kappa shape index (κ1) is 17.9. The summed E-state index contributed by atoms with van der Waals surface area (Å²) in [5, 5.41) is 3.39. The molecule has 5 rings (SSSR count). The number of anilines is 2. The van der Waals surface area contributed by atoms with Crippen LogP contribution in [0.1, 0.15) is 11.3 Å². The largest absolute Gasteiger partial charge is 0.369 e. The molecular formula is C22H25FN4S. The third-order valence-corrected chi connectivity index (χ3v) is 6.76. The summed E-state index contributed by atoms with van der Waals surface area (Å²) in [6.07, 6.45) is -0.117. The number of pyridine rings is 1. The van der Waals surface area contributed by atoms with E-state index in [1.165, 1.54) is 15.3 Å². The minimum Gasteiger partial charge on any atom is -0.369 e. The lowest BCUT2D eigenvalue weighted by molar-refractivity contribution is 0.364. The van der Waals surface area contributed by atoms with Crippen LogP contribution >= 0.6 is 11.3 Å². The number of thiophene rings is 1. The highest BCUT2D eigenvalue weighted by Crippen LogP contribution is 2.38. The fourth-order valence-corrected chi connectivity index (χ4v) is 5.20. The molecule has 0 aliphatic carbocycles. The zero-order valence-electron chi connectivity index (χ0n) is 16.1. The van der Waals surface area contributed by atoms with Gasteiger partial charge in [-0.2, -0.15) is 0 Å². The van der Waals surface area contributed by atoms with Gasteiger partial charge in [-0.05, 0) is 37.6 Å². The Morgan fingerprint density at radius 1 is 1.07 bits per heavy atom. The predicted octanol–water partition coefficient (Wildman–Crippen LogP) is 4.23. The third kappa shape index (κ3) is 3.35. The molecule has 6 heteroatoms. The van der Waals surface area contributed by atoms with Crippen LogP contribution in [0.4, 0.5) is 15.8 Å². The third-order valence-electron chi connectivity index (χ3n) is 5.70. The minimum atomic E-state index is -0.731. The highest BCUT2D eigenvalue weighted by atomic mass is 32.1. The van der Waals surface area contributed by atoms with Crippen molar-refractivity contribution < 1.29 is 4.39 Å². The van der Waals surface area contributed by atoms with Gasteiger partial charge in [0.15, 0.2) is 0 Å². The molecular weight excluding hydrogens is 371 g/mol. The molecule has 0 amide bonds. The number of rotatable bonds is 3. The Bertz CT molecular complexity index is 978. The van der Waals surface area contributed by atoms with E-state index in [-0.39, 0.29) is 0 Å². The monoisotopic (exact) mass is 396 g/mol. The number of halogens is 1. The molecule has 3 aromatic rings. The van der Waals surface area contributed by atoms with Crippen LogP contribution in [0.2, 0.25) is 0 Å². The lowest BCUT2D eigenvalue weighted by atomic mass is 10.1. The van der Waals surface area contributed by atoms with Gasteiger partial charge in [0.1, 0.15) is 6.17 Å². The second-order valence-corrected chi connectivity index (χ2v) is 8.97. The number of benzene rings is 1. The van der Waals surface area contributed by atoms with Gasteiger partial charge in [-0.3, -0.25) is 0 Å². The normalized spacial score (nSPS) is 20.3. The number of aryl methyl sites for hydroxylation is 1. The van der Waals surface area contributed by atoms with Gasteiger partial charge in [-0.25, -0.2) is 9.37 Å². The van der Waals surface area contributed by atoms with E-state index >= 15 is 0 Å². The molecule has 4 heterocycles. The summed E-state index contributed by atoms with van der Waals surface area (Å²) < 4.78 is 15.0. The van der Waals surface area contributed by atoms with Gasteiger partial charge >= 0.3 is 0 Å². The Morgan fingerprint density at radius 2 is 1.86 bits per heavy atom. The van der Waals surface area contributed by atoms with Gasteiger partial charge in [-0.15, -0.1) is 11.3 Å². The summed E-state index contributed by atoms with van der Waals surface area (Å²) in [5.41, 5.74) is 5.49. The maximum atomic E-state index is 13.8. The number of aromatic nitrogens is 1. The molecule has 1 atom stereocenters. The van der Waals surface area contributed by atoms with Gasteiger partial charge < -0.3 is 15.1 Å². The van der Waals surface area contributed by atoms with E-state index in [2.05, 4.69) is 58.4 Å². The molecule has 146 valence electrons. The first-order chi connectivity index (χ1) is 13.7. The maximum Gasteiger partial charge on any atom is 0.119 e. The average molecular weight is 397 g/mol. The molecule has 2 fully saturated rings. The summed E-state index contributed by atoms with van der Waals surface area (Å²) >= 11 is 1.75. The predicted molar refractivity (Wildman–Crippen MR) is 117 cm³/mol. The van der Waals surface area contributed by atoms with E-state index in [9.17, 15) is 4.39 Å². The molecule has 4 nitrogen and oxygen atoms in total. The van der Waals surface area contributed by atoms with Gasteiger partial charge in [0.05, 0.1) is 21.6 Å². The van der Waals surface area contributed by atoms with Gasteiger partial charge in [0, 0.05) is 55.4 Å². The topological polar surface area (TPSA) is 31.4 Å². The molecule has 2 aliphatic heterocycles. The minimum absolute atomic E-state index is 0.484. The summed E-state index contributed by atoms with van der Waals surface area (Å²) in [6.45, 7) is 7.52. The number of nitrogens with one attached hydrogen (secondary N) is 1. The van der Waals surface area contributed by atoms with E-state index in [1.54, 1.807) is 11.3 Å². The van der Waals surface area contributed by atoms with Crippen molar-refractivity contribution in [3.63, 3.8) is 0 Å². The number of hydrogen-bond acceptors (Lipinski definition) is 5. The molecule has 0 radical (unpaired) electrons. The van der Waals surface area contributed by atoms with Crippen LogP contribution in [-0.4, -0.2) is 50.4 Å². The maximum absolute atomic E-state index is 13.8. The van der Waals surface area contributed by atoms with Crippen molar-refractivity contribution in [3.8, 4) is 11.3 Å². The Hall–Kier alpha value is -2.18. The Labute approximate surface area is 169 Å². The molecule has 28 heavy (non-hydrogen) atoms. The van der Waals surface area contributed by atoms with Crippen molar-refractivity contribution in [2.24, 2.45) is 0 Å². The number of fused-ring (bicyclic) bond motifs is 1. The quantitative estimate of drug-likeness (QED) is 0.718. The van der Waals surface area contributed by atoms with E-state index in [0.29, 0.717) is 13.0 Å². The van der Waals surface area contributed by atoms with Crippen molar-refractivity contribution in [2.45, 2.75) is 19.5 Å². The van der Waals surface area contributed by atoms with E-state index in [1.807, 2.05) is 0 Å². The standard InChI is InChI=1S/C22H25FN4S/c1-15-12-20-22(28-15)21(27-9-6-17(23)14-27)13-19(25-20)16-2-4-18(5-3-16)26-10-7-24-8-11-26/h2-5,12-13,17,24H,6-11,14H2,1H3. The van der Waals surface area contributed by atoms with Gasteiger partial charge in [0.25, 0.3) is 0 Å². The smallest absolute Gasteiger partial charge is 0.119 e. The number of nitrogens with zero attached hydrogens (tertiary/aromatic N) is 3. The van der Waals surface area contributed by atoms with Crippen LogP contribution in [0.15, 0.2) is 36.4 Å². The van der Waals surface area contributed by atoms with Crippen LogP contribution in [0.25, 0.3) is 21.5 Å². The Balaban J connectivity index is 1.51. The van der Waals surface area contributed by atoms with Crippen molar-refractivity contribution in [1.82, 2.24) is 10.3 Å². The van der Waals surface area contributed by atoms with Crippen molar-refractivity contribution in [2.75, 3.05) is 49.1 Å². The van der Waals surface area contributed by atoms with E-state index in [4.69, 9.17) is 4.98 Å². The van der Waals surface area contributed by atoms with Crippen molar-refractivity contribution in [3.05, 3.63) is 41.3 Å². The fraction of sp³-hybridized carbons (Fsp3) is 0.409. The number of piperazine rings is 1. The fourth-order valence-electron chi connectivity index (χ4n) is 4.21. The lowest BCUT2D eigenvalue weighted by Gasteiger charge is -2.29. The molecule has 1 aromatic carbocycles. The first-order valence-electron chi connectivity index (χ1n) is 10.0. The molecule has 1 unspecified atom stereocenters. The van der Waals surface area contributed by atoms with Crippen LogP contribution in [-0.2, 0) is 0 Å². The zero-order chi connectivity index (χ0) is 19.1. The molecule has 0 spiro atoms. The zero-order valence-corrected chi connectivity index (χ0v) is 16.9. The number of hydrogen-bond donors (Lipinski definition) is 1. The highest BCUT2D eigenvalue weighted by Gasteiger charge is 2.25. The lowest BCUT2D eigenvalue weighted by Crippen LogP contribution is -2.43. The summed E-state index contributed by atoms with van der Waals surface area (Å²) in [4.78, 5) is 10.8. The van der Waals surface area contributed by atoms with Crippen LogP contribution < -0.4 is 15.1 Å². The summed E-state index contributed by atoms with van der Waals surface area (Å²) in [5.74, 6) is 0. The summed E-state index contributed by atoms with van der Waals surface area (Å²) in [6, 6.07) is 13.0. The number of alkyl halides is 1. The van der Waals surface area contributed by atoms with E-state index in [0.717, 1.165) is 55.2 Å². The SMILES string of the molecule is Cc1cc2nc(-c3ccc(N4CCNCC4)cc3)cc(N3CCC(F)C3)c2s1. The molecule has 2 saturated heterocycles. The van der Waals surface area contributed by atoms with Crippen LogP contribution in [0.5, 0.6) is 0 Å². The molecule has 2 aliphatic rings. The van der Waals surface area contributed by atoms with Gasteiger partial charge in [0.2, 0.25) is 0 Å². The molecule has 0 saturated carbocycles. The second-order valence-electron chi connectivity index (χ2n) is 7.71.